The van der Waals surface area contributed by atoms with Crippen molar-refractivity contribution in [2.75, 3.05) is 26.7 Å². The molecule has 2 aliphatic rings. The van der Waals surface area contributed by atoms with Crippen LogP contribution in [0.5, 0.6) is 0 Å². The van der Waals surface area contributed by atoms with Gasteiger partial charge in [0.25, 0.3) is 5.91 Å². The minimum atomic E-state index is -1.13. The van der Waals surface area contributed by atoms with Crippen LogP contribution < -0.4 is 0 Å². The predicted molar refractivity (Wildman–Crippen MR) is 113 cm³/mol. The SMILES string of the molecule is CC(=O)N(C)[C@H]1CC2(CCN(C(=O)c3cc(-c4ccc(F)cc4)on3)CC2)OC[C@]1(C)O. The third-order valence-electron chi connectivity index (χ3n) is 6.74. The van der Waals surface area contributed by atoms with Gasteiger partial charge in [-0.15, -0.1) is 0 Å². The van der Waals surface area contributed by atoms with Crippen LogP contribution in [0.15, 0.2) is 34.9 Å². The van der Waals surface area contributed by atoms with E-state index in [2.05, 4.69) is 5.16 Å². The summed E-state index contributed by atoms with van der Waals surface area (Å²) in [4.78, 5) is 28.1. The molecule has 2 fully saturated rings. The third kappa shape index (κ3) is 4.27. The maximum absolute atomic E-state index is 13.1. The average molecular weight is 445 g/mol. The Hall–Kier alpha value is -2.78. The Balaban J connectivity index is 1.42. The van der Waals surface area contributed by atoms with Crippen molar-refractivity contribution >= 4 is 11.8 Å². The van der Waals surface area contributed by atoms with Crippen molar-refractivity contribution in [2.24, 2.45) is 0 Å². The Kier molecular flexibility index (Phi) is 5.81. The van der Waals surface area contributed by atoms with E-state index in [4.69, 9.17) is 9.26 Å². The van der Waals surface area contributed by atoms with Gasteiger partial charge in [-0.1, -0.05) is 5.16 Å². The van der Waals surface area contributed by atoms with Crippen LogP contribution in [-0.2, 0) is 9.53 Å². The summed E-state index contributed by atoms with van der Waals surface area (Å²) in [5.41, 5.74) is -0.784. The number of piperidine rings is 1. The van der Waals surface area contributed by atoms with E-state index in [1.165, 1.54) is 19.1 Å². The maximum atomic E-state index is 13.1. The van der Waals surface area contributed by atoms with Gasteiger partial charge in [-0.3, -0.25) is 9.59 Å². The highest BCUT2D eigenvalue weighted by atomic mass is 19.1. The van der Waals surface area contributed by atoms with Crippen molar-refractivity contribution in [2.45, 2.75) is 50.4 Å². The molecule has 32 heavy (non-hydrogen) atoms. The molecule has 4 rings (SSSR count). The van der Waals surface area contributed by atoms with E-state index in [1.807, 2.05) is 0 Å². The van der Waals surface area contributed by atoms with Crippen LogP contribution in [-0.4, -0.2) is 75.9 Å². The van der Waals surface area contributed by atoms with Gasteiger partial charge in [-0.25, -0.2) is 4.39 Å². The first-order valence-corrected chi connectivity index (χ1v) is 10.7. The molecule has 3 heterocycles. The lowest BCUT2D eigenvalue weighted by molar-refractivity contribution is -0.207. The summed E-state index contributed by atoms with van der Waals surface area (Å²) < 4.78 is 24.5. The number of nitrogens with zero attached hydrogens (tertiary/aromatic N) is 3. The topological polar surface area (TPSA) is 96.1 Å². The molecule has 0 radical (unpaired) electrons. The molecule has 1 aromatic heterocycles. The number of aromatic nitrogens is 1. The van der Waals surface area contributed by atoms with Crippen molar-refractivity contribution in [3.8, 4) is 11.3 Å². The molecular formula is C23H28FN3O5. The van der Waals surface area contributed by atoms with E-state index in [0.717, 1.165) is 0 Å². The summed E-state index contributed by atoms with van der Waals surface area (Å²) in [7, 11) is 1.70. The van der Waals surface area contributed by atoms with E-state index in [0.29, 0.717) is 43.7 Å². The number of carbonyl (C=O) groups excluding carboxylic acids is 2. The normalized spacial score (nSPS) is 25.0. The number of hydrogen-bond acceptors (Lipinski definition) is 6. The first kappa shape index (κ1) is 22.4. The molecule has 2 aromatic rings. The number of carbonyl (C=O) groups is 2. The summed E-state index contributed by atoms with van der Waals surface area (Å²) in [5.74, 6) is -0.301. The maximum Gasteiger partial charge on any atom is 0.276 e. The standard InChI is InChI=1S/C23H28FN3O5/c1-15(28)26(3)20-13-23(31-14-22(20,2)30)8-10-27(11-9-23)21(29)18-12-19(32-25-18)16-4-6-17(24)7-5-16/h4-7,12,20,30H,8-11,13-14H2,1-3H3/t20-,22-/m0/s1. The number of likely N-dealkylation sites (N-methyl/N-ethyl adjacent to an activating group) is 1. The van der Waals surface area contributed by atoms with Crippen LogP contribution in [0.4, 0.5) is 4.39 Å². The molecule has 2 amide bonds. The molecule has 0 aliphatic carbocycles. The van der Waals surface area contributed by atoms with Gasteiger partial charge in [-0.05, 0) is 50.5 Å². The second-order valence-corrected chi connectivity index (χ2v) is 9.05. The number of hydrogen-bond donors (Lipinski definition) is 1. The fourth-order valence-electron chi connectivity index (χ4n) is 4.55. The zero-order valence-corrected chi connectivity index (χ0v) is 18.5. The molecule has 0 saturated carbocycles. The van der Waals surface area contributed by atoms with Crippen molar-refractivity contribution in [1.82, 2.24) is 15.0 Å². The van der Waals surface area contributed by atoms with Crippen LogP contribution in [0, 0.1) is 5.82 Å². The minimum absolute atomic E-state index is 0.108. The van der Waals surface area contributed by atoms with Crippen LogP contribution in [0.3, 0.4) is 0 Å². The number of rotatable bonds is 3. The van der Waals surface area contributed by atoms with E-state index in [-0.39, 0.29) is 36.0 Å². The predicted octanol–water partition coefficient (Wildman–Crippen LogP) is 2.47. The molecule has 2 atom stereocenters. The van der Waals surface area contributed by atoms with Gasteiger partial charge >= 0.3 is 0 Å². The zero-order chi connectivity index (χ0) is 23.1. The van der Waals surface area contributed by atoms with Crippen LogP contribution in [0.1, 0.15) is 43.6 Å². The lowest BCUT2D eigenvalue weighted by atomic mass is 9.77. The highest BCUT2D eigenvalue weighted by Gasteiger charge is 2.50. The van der Waals surface area contributed by atoms with E-state index < -0.39 is 11.2 Å². The molecule has 1 N–H and O–H groups in total. The molecular weight excluding hydrogens is 417 g/mol. The quantitative estimate of drug-likeness (QED) is 0.780. The Morgan fingerprint density at radius 2 is 1.91 bits per heavy atom. The highest BCUT2D eigenvalue weighted by molar-refractivity contribution is 5.93. The number of halogens is 1. The third-order valence-corrected chi connectivity index (χ3v) is 6.74. The number of likely N-dealkylation sites (tertiary alicyclic amines) is 1. The molecule has 9 heteroatoms. The van der Waals surface area contributed by atoms with Crippen molar-refractivity contribution in [1.29, 1.82) is 0 Å². The number of aliphatic hydroxyl groups is 1. The van der Waals surface area contributed by atoms with Gasteiger partial charge in [0, 0.05) is 38.7 Å². The van der Waals surface area contributed by atoms with Crippen LogP contribution in [0.25, 0.3) is 11.3 Å². The molecule has 0 unspecified atom stereocenters. The molecule has 0 bridgehead atoms. The summed E-state index contributed by atoms with van der Waals surface area (Å²) >= 11 is 0. The first-order valence-electron chi connectivity index (χ1n) is 10.7. The van der Waals surface area contributed by atoms with Gasteiger partial charge in [-0.2, -0.15) is 0 Å². The highest BCUT2D eigenvalue weighted by Crippen LogP contribution is 2.40. The molecule has 1 aromatic carbocycles. The van der Waals surface area contributed by atoms with Crippen molar-refractivity contribution in [3.63, 3.8) is 0 Å². The number of amides is 2. The monoisotopic (exact) mass is 445 g/mol. The number of benzene rings is 1. The Morgan fingerprint density at radius 3 is 2.53 bits per heavy atom. The number of ether oxygens (including phenoxy) is 1. The van der Waals surface area contributed by atoms with Gasteiger partial charge in [0.2, 0.25) is 5.91 Å². The lowest BCUT2D eigenvalue weighted by Gasteiger charge is -2.52. The van der Waals surface area contributed by atoms with E-state index >= 15 is 0 Å². The van der Waals surface area contributed by atoms with Crippen molar-refractivity contribution in [3.05, 3.63) is 41.8 Å². The van der Waals surface area contributed by atoms with Crippen LogP contribution >= 0.6 is 0 Å². The van der Waals surface area contributed by atoms with Gasteiger partial charge in [0.05, 0.1) is 18.2 Å². The summed E-state index contributed by atoms with van der Waals surface area (Å²) in [6, 6.07) is 6.98. The average Bonchev–Trinajstić information content (AvgIpc) is 3.26. The van der Waals surface area contributed by atoms with E-state index in [1.54, 1.807) is 42.0 Å². The van der Waals surface area contributed by atoms with Crippen LogP contribution in [0.2, 0.25) is 0 Å². The van der Waals surface area contributed by atoms with Gasteiger partial charge in [0.15, 0.2) is 11.5 Å². The van der Waals surface area contributed by atoms with E-state index in [9.17, 15) is 19.1 Å². The second-order valence-electron chi connectivity index (χ2n) is 9.05. The Labute approximate surface area is 185 Å². The summed E-state index contributed by atoms with van der Waals surface area (Å²) in [5, 5.41) is 14.6. The zero-order valence-electron chi connectivity index (χ0n) is 18.5. The molecule has 1 spiro atoms. The minimum Gasteiger partial charge on any atom is -0.386 e. The Morgan fingerprint density at radius 1 is 1.25 bits per heavy atom. The smallest absolute Gasteiger partial charge is 0.276 e. The van der Waals surface area contributed by atoms with Gasteiger partial charge < -0.3 is 24.2 Å². The Bertz CT molecular complexity index is 995. The van der Waals surface area contributed by atoms with Gasteiger partial charge in [0.1, 0.15) is 11.4 Å². The summed E-state index contributed by atoms with van der Waals surface area (Å²) in [6.45, 7) is 4.24. The molecule has 172 valence electrons. The molecule has 2 aliphatic heterocycles. The second kappa shape index (κ2) is 8.29. The fourth-order valence-corrected chi connectivity index (χ4v) is 4.55. The molecule has 2 saturated heterocycles. The first-order chi connectivity index (χ1) is 15.1. The lowest BCUT2D eigenvalue weighted by Crippen LogP contribution is -2.64. The molecule has 8 nitrogen and oxygen atoms in total. The largest absolute Gasteiger partial charge is 0.386 e. The van der Waals surface area contributed by atoms with Crippen molar-refractivity contribution < 1.29 is 28.3 Å². The summed E-state index contributed by atoms with van der Waals surface area (Å²) in [6.07, 6.45) is 1.70. The fraction of sp³-hybridized carbons (Fsp3) is 0.522.